The average molecular weight is 374 g/mol. The van der Waals surface area contributed by atoms with Crippen molar-refractivity contribution in [3.8, 4) is 0 Å². The van der Waals surface area contributed by atoms with E-state index in [1.165, 1.54) is 6.07 Å². The summed E-state index contributed by atoms with van der Waals surface area (Å²) in [7, 11) is 0. The lowest BCUT2D eigenvalue weighted by atomic mass is 10.1. The van der Waals surface area contributed by atoms with Gasteiger partial charge in [-0.15, -0.1) is 0 Å². The molecule has 2 N–H and O–H groups in total. The number of nitro groups is 1. The van der Waals surface area contributed by atoms with Gasteiger partial charge in [-0.2, -0.15) is 0 Å². The monoisotopic (exact) mass is 373 g/mol. The summed E-state index contributed by atoms with van der Waals surface area (Å²) in [5, 5.41) is 17.9. The zero-order valence-electron chi connectivity index (χ0n) is 13.9. The summed E-state index contributed by atoms with van der Waals surface area (Å²) in [6, 6.07) is 11.7. The quantitative estimate of drug-likeness (QED) is 0.384. The van der Waals surface area contributed by atoms with E-state index in [1.54, 1.807) is 37.3 Å². The first kappa shape index (κ1) is 17.8. The van der Waals surface area contributed by atoms with Crippen LogP contribution in [-0.2, 0) is 0 Å². The lowest BCUT2D eigenvalue weighted by molar-refractivity contribution is -0.384. The molecule has 0 atom stereocenters. The number of fused-ring (bicyclic) bond motifs is 1. The molecule has 0 radical (unpaired) electrons. The van der Waals surface area contributed by atoms with Gasteiger partial charge in [0.15, 0.2) is 11.3 Å². The van der Waals surface area contributed by atoms with Gasteiger partial charge in [-0.1, -0.05) is 35.9 Å². The van der Waals surface area contributed by atoms with Crippen LogP contribution in [0.2, 0.25) is 5.02 Å². The van der Waals surface area contributed by atoms with Crippen molar-refractivity contribution in [2.45, 2.75) is 6.92 Å². The third kappa shape index (κ3) is 3.48. The number of amides is 1. The van der Waals surface area contributed by atoms with Crippen molar-refractivity contribution in [2.75, 3.05) is 18.4 Å². The molecule has 0 unspecified atom stereocenters. The molecule has 1 amide bonds. The number of anilines is 1. The van der Waals surface area contributed by atoms with Gasteiger partial charge in [-0.25, -0.2) is 0 Å². The Balaban J connectivity index is 1.63. The van der Waals surface area contributed by atoms with Crippen molar-refractivity contribution in [3.63, 3.8) is 0 Å². The van der Waals surface area contributed by atoms with Crippen LogP contribution in [0.1, 0.15) is 16.1 Å². The molecule has 0 aliphatic heterocycles. The van der Waals surface area contributed by atoms with Crippen LogP contribution in [0.15, 0.2) is 46.9 Å². The molecule has 134 valence electrons. The molecule has 3 aromatic rings. The molecule has 0 saturated carbocycles. The number of furan rings is 1. The van der Waals surface area contributed by atoms with Gasteiger partial charge < -0.3 is 15.1 Å². The van der Waals surface area contributed by atoms with Crippen LogP contribution in [-0.4, -0.2) is 23.9 Å². The molecule has 3 rings (SSSR count). The Kier molecular flexibility index (Phi) is 5.09. The third-order valence-electron chi connectivity index (χ3n) is 3.95. The van der Waals surface area contributed by atoms with E-state index in [0.29, 0.717) is 28.4 Å². The fourth-order valence-electron chi connectivity index (χ4n) is 2.66. The number of halogens is 1. The van der Waals surface area contributed by atoms with E-state index in [1.807, 2.05) is 6.07 Å². The summed E-state index contributed by atoms with van der Waals surface area (Å²) in [6.45, 7) is 2.40. The summed E-state index contributed by atoms with van der Waals surface area (Å²) in [6.07, 6.45) is 0. The highest BCUT2D eigenvalue weighted by Crippen LogP contribution is 2.30. The van der Waals surface area contributed by atoms with Gasteiger partial charge in [0.1, 0.15) is 5.69 Å². The highest BCUT2D eigenvalue weighted by molar-refractivity contribution is 6.35. The number of carbonyl (C=O) groups is 1. The minimum absolute atomic E-state index is 0.0124. The number of carbonyl (C=O) groups excluding carboxylic acids is 1. The second-order valence-electron chi connectivity index (χ2n) is 5.63. The zero-order valence-corrected chi connectivity index (χ0v) is 14.7. The topological polar surface area (TPSA) is 97.4 Å². The van der Waals surface area contributed by atoms with Crippen molar-refractivity contribution in [1.82, 2.24) is 5.32 Å². The molecule has 26 heavy (non-hydrogen) atoms. The largest absolute Gasteiger partial charge is 0.449 e. The number of nitro benzene ring substituents is 1. The van der Waals surface area contributed by atoms with Crippen molar-refractivity contribution < 1.29 is 14.1 Å². The molecule has 2 aromatic carbocycles. The van der Waals surface area contributed by atoms with E-state index in [4.69, 9.17) is 16.0 Å². The lowest BCUT2D eigenvalue weighted by Crippen LogP contribution is -2.29. The standard InChI is InChI=1S/C18H16ClN3O4/c1-11-12-5-4-6-13(19)17(12)26-16(11)18(23)21-10-9-20-14-7-2-3-8-15(14)22(24)25/h2-8,20H,9-10H2,1H3,(H,21,23). The smallest absolute Gasteiger partial charge is 0.292 e. The molecule has 7 nitrogen and oxygen atoms in total. The zero-order chi connectivity index (χ0) is 18.7. The van der Waals surface area contributed by atoms with Gasteiger partial charge in [0, 0.05) is 30.1 Å². The summed E-state index contributed by atoms with van der Waals surface area (Å²) in [5.74, 6) is -0.155. The van der Waals surface area contributed by atoms with Gasteiger partial charge in [0.05, 0.1) is 9.95 Å². The fourth-order valence-corrected chi connectivity index (χ4v) is 2.87. The van der Waals surface area contributed by atoms with Gasteiger partial charge in [-0.05, 0) is 19.1 Å². The third-order valence-corrected chi connectivity index (χ3v) is 4.25. The molecular weight excluding hydrogens is 358 g/mol. The highest BCUT2D eigenvalue weighted by atomic mass is 35.5. The van der Waals surface area contributed by atoms with Crippen LogP contribution in [0.5, 0.6) is 0 Å². The van der Waals surface area contributed by atoms with Crippen LogP contribution < -0.4 is 10.6 Å². The van der Waals surface area contributed by atoms with Crippen LogP contribution in [0.25, 0.3) is 11.0 Å². The van der Waals surface area contributed by atoms with Gasteiger partial charge in [0.2, 0.25) is 0 Å². The Hall–Kier alpha value is -3.06. The average Bonchev–Trinajstić information content (AvgIpc) is 2.97. The molecule has 0 aliphatic rings. The molecule has 0 saturated heterocycles. The molecule has 0 fully saturated rings. The van der Waals surface area contributed by atoms with E-state index in [-0.39, 0.29) is 23.9 Å². The van der Waals surface area contributed by atoms with Crippen molar-refractivity contribution in [1.29, 1.82) is 0 Å². The summed E-state index contributed by atoms with van der Waals surface area (Å²) in [4.78, 5) is 22.9. The summed E-state index contributed by atoms with van der Waals surface area (Å²) >= 11 is 6.09. The Labute approximate surface area is 154 Å². The first-order valence-corrected chi connectivity index (χ1v) is 8.30. The number of hydrogen-bond acceptors (Lipinski definition) is 5. The van der Waals surface area contributed by atoms with E-state index in [2.05, 4.69) is 10.6 Å². The molecule has 0 aliphatic carbocycles. The second-order valence-corrected chi connectivity index (χ2v) is 6.04. The minimum atomic E-state index is -0.456. The first-order chi connectivity index (χ1) is 12.5. The number of nitrogens with one attached hydrogen (secondary N) is 2. The SMILES string of the molecule is Cc1c(C(=O)NCCNc2ccccc2[N+](=O)[O-])oc2c(Cl)cccc12. The number of benzene rings is 2. The van der Waals surface area contributed by atoms with Crippen LogP contribution >= 0.6 is 11.6 Å². The van der Waals surface area contributed by atoms with Gasteiger partial charge in [0.25, 0.3) is 11.6 Å². The summed E-state index contributed by atoms with van der Waals surface area (Å²) < 4.78 is 5.60. The summed E-state index contributed by atoms with van der Waals surface area (Å²) in [5.41, 5.74) is 1.58. The maximum Gasteiger partial charge on any atom is 0.292 e. The van der Waals surface area contributed by atoms with Crippen LogP contribution in [0.3, 0.4) is 0 Å². The lowest BCUT2D eigenvalue weighted by Gasteiger charge is -2.07. The number of nitrogens with zero attached hydrogens (tertiary/aromatic N) is 1. The fraction of sp³-hybridized carbons (Fsp3) is 0.167. The number of para-hydroxylation sites is 3. The van der Waals surface area contributed by atoms with Crippen LogP contribution in [0, 0.1) is 17.0 Å². The van der Waals surface area contributed by atoms with E-state index in [0.717, 1.165) is 5.39 Å². The van der Waals surface area contributed by atoms with E-state index < -0.39 is 4.92 Å². The first-order valence-electron chi connectivity index (χ1n) is 7.92. The Morgan fingerprint density at radius 2 is 1.96 bits per heavy atom. The molecule has 0 bridgehead atoms. The molecular formula is C18H16ClN3O4. The number of aryl methyl sites for hydroxylation is 1. The molecule has 1 heterocycles. The van der Waals surface area contributed by atoms with E-state index >= 15 is 0 Å². The van der Waals surface area contributed by atoms with Gasteiger partial charge in [-0.3, -0.25) is 14.9 Å². The molecule has 8 heteroatoms. The normalized spacial score (nSPS) is 10.7. The molecule has 0 spiro atoms. The van der Waals surface area contributed by atoms with Crippen molar-refractivity contribution in [3.05, 3.63) is 68.9 Å². The Morgan fingerprint density at radius 3 is 2.69 bits per heavy atom. The maximum atomic E-state index is 12.3. The predicted molar refractivity (Wildman–Crippen MR) is 99.9 cm³/mol. The predicted octanol–water partition coefficient (Wildman–Crippen LogP) is 4.14. The van der Waals surface area contributed by atoms with Crippen LogP contribution in [0.4, 0.5) is 11.4 Å². The number of rotatable bonds is 6. The van der Waals surface area contributed by atoms with Crippen molar-refractivity contribution >= 4 is 39.9 Å². The number of hydrogen-bond donors (Lipinski definition) is 2. The minimum Gasteiger partial charge on any atom is -0.449 e. The highest BCUT2D eigenvalue weighted by Gasteiger charge is 2.18. The Bertz CT molecular complexity index is 984. The van der Waals surface area contributed by atoms with E-state index in [9.17, 15) is 14.9 Å². The molecule has 1 aromatic heterocycles. The second kappa shape index (κ2) is 7.45. The maximum absolute atomic E-state index is 12.3. The Morgan fingerprint density at radius 1 is 1.19 bits per heavy atom. The van der Waals surface area contributed by atoms with Crippen molar-refractivity contribution in [2.24, 2.45) is 0 Å². The van der Waals surface area contributed by atoms with Gasteiger partial charge >= 0.3 is 0 Å².